The minimum Gasteiger partial charge on any atom is -0.383 e. The molecule has 0 radical (unpaired) electrons. The largest absolute Gasteiger partial charge is 0.383 e. The van der Waals surface area contributed by atoms with Crippen molar-refractivity contribution >= 4 is 22.3 Å². The number of halogens is 1. The van der Waals surface area contributed by atoms with E-state index < -0.39 is 6.04 Å². The highest BCUT2D eigenvalue weighted by Gasteiger charge is 2.56. The number of rotatable bonds is 8. The molecule has 2 heterocycles. The van der Waals surface area contributed by atoms with E-state index in [4.69, 9.17) is 0 Å². The summed E-state index contributed by atoms with van der Waals surface area (Å²) in [4.78, 5) is 4.45. The minimum absolute atomic E-state index is 0.0326. The van der Waals surface area contributed by atoms with E-state index in [1.54, 1.807) is 18.2 Å². The quantitative estimate of drug-likeness (QED) is 0.274. The summed E-state index contributed by atoms with van der Waals surface area (Å²) in [6.45, 7) is 6.96. The van der Waals surface area contributed by atoms with Gasteiger partial charge in [0.05, 0.1) is 40.1 Å². The Morgan fingerprint density at radius 2 is 1.82 bits per heavy atom. The minimum atomic E-state index is -0.438. The van der Waals surface area contributed by atoms with Crippen molar-refractivity contribution in [3.63, 3.8) is 0 Å². The third-order valence-corrected chi connectivity index (χ3v) is 7.88. The summed E-state index contributed by atoms with van der Waals surface area (Å²) in [5.41, 5.74) is 4.20. The second kappa shape index (κ2) is 9.60. The normalized spacial score (nSPS) is 16.6. The molecule has 2 fully saturated rings. The molecule has 4 aromatic rings. The molecule has 9 heteroatoms. The molecule has 0 spiro atoms. The van der Waals surface area contributed by atoms with Gasteiger partial charge in [-0.15, -0.1) is 5.10 Å². The van der Waals surface area contributed by atoms with Crippen molar-refractivity contribution in [2.75, 3.05) is 17.2 Å². The van der Waals surface area contributed by atoms with Crippen LogP contribution >= 0.6 is 0 Å². The molecule has 8 nitrogen and oxygen atoms in total. The first kappa shape index (κ1) is 25.8. The molecule has 40 heavy (non-hydrogen) atoms. The second-order valence-corrected chi connectivity index (χ2v) is 12.2. The van der Waals surface area contributed by atoms with Crippen LogP contribution in [0, 0.1) is 39.8 Å². The van der Waals surface area contributed by atoms with Crippen LogP contribution in [-0.4, -0.2) is 26.5 Å². The average Bonchev–Trinajstić information content (AvgIpc) is 3.87. The van der Waals surface area contributed by atoms with E-state index in [-0.39, 0.29) is 16.8 Å². The Balaban J connectivity index is 1.43. The monoisotopic (exact) mass is 534 g/mol. The topological polar surface area (TPSA) is 115 Å². The van der Waals surface area contributed by atoms with Crippen LogP contribution in [-0.2, 0) is 5.54 Å². The van der Waals surface area contributed by atoms with Crippen LogP contribution in [0.25, 0.3) is 10.9 Å². The predicted octanol–water partition coefficient (Wildman–Crippen LogP) is 6.27. The van der Waals surface area contributed by atoms with Crippen molar-refractivity contribution in [3.05, 3.63) is 77.0 Å². The number of anilines is 2. The summed E-state index contributed by atoms with van der Waals surface area (Å²) in [6, 6.07) is 14.0. The van der Waals surface area contributed by atoms with Gasteiger partial charge in [0.25, 0.3) is 0 Å². The summed E-state index contributed by atoms with van der Waals surface area (Å²) in [6.07, 6.45) is 8.20. The van der Waals surface area contributed by atoms with E-state index in [0.29, 0.717) is 51.6 Å². The maximum atomic E-state index is 13.9. The highest BCUT2D eigenvalue weighted by atomic mass is 19.1. The molecule has 202 valence electrons. The number of aromatic nitrogens is 4. The predicted molar refractivity (Wildman–Crippen MR) is 151 cm³/mol. The van der Waals surface area contributed by atoms with E-state index in [0.717, 1.165) is 18.4 Å². The van der Waals surface area contributed by atoms with Gasteiger partial charge in [0, 0.05) is 23.8 Å². The highest BCUT2D eigenvalue weighted by molar-refractivity contribution is 5.99. The van der Waals surface area contributed by atoms with Crippen molar-refractivity contribution < 1.29 is 4.39 Å². The SMILES string of the molecule is CC(C)(C)CNc1c(C#N)cnc2c(C#N)cc(N[C@@H](c3ccc(F)cc3)c3cn(C4(C5CC5)CC4)nn3)cc12. The number of benzene rings is 2. The number of hydrogen-bond donors (Lipinski definition) is 2. The van der Waals surface area contributed by atoms with Gasteiger partial charge < -0.3 is 10.6 Å². The molecule has 0 amide bonds. The summed E-state index contributed by atoms with van der Waals surface area (Å²) in [5, 5.41) is 36.6. The first-order chi connectivity index (χ1) is 19.2. The second-order valence-electron chi connectivity index (χ2n) is 12.2. The first-order valence-corrected chi connectivity index (χ1v) is 13.7. The molecule has 2 N–H and O–H groups in total. The summed E-state index contributed by atoms with van der Waals surface area (Å²) >= 11 is 0. The molecule has 0 bridgehead atoms. The van der Waals surface area contributed by atoms with E-state index in [2.05, 4.69) is 58.8 Å². The lowest BCUT2D eigenvalue weighted by Crippen LogP contribution is -2.20. The van der Waals surface area contributed by atoms with Gasteiger partial charge in [0.2, 0.25) is 0 Å². The molecule has 0 aliphatic heterocycles. The van der Waals surface area contributed by atoms with Gasteiger partial charge in [0.15, 0.2) is 0 Å². The van der Waals surface area contributed by atoms with Crippen LogP contribution in [0.4, 0.5) is 15.8 Å². The molecule has 0 unspecified atom stereocenters. The Kier molecular flexibility index (Phi) is 6.18. The number of fused-ring (bicyclic) bond motifs is 1. The fourth-order valence-electron chi connectivity index (χ4n) is 5.45. The van der Waals surface area contributed by atoms with Crippen LogP contribution in [0.3, 0.4) is 0 Å². The Bertz CT molecular complexity index is 1660. The molecule has 2 aromatic heterocycles. The van der Waals surface area contributed by atoms with Gasteiger partial charge >= 0.3 is 0 Å². The maximum absolute atomic E-state index is 13.9. The third-order valence-electron chi connectivity index (χ3n) is 7.88. The Morgan fingerprint density at radius 3 is 2.45 bits per heavy atom. The highest BCUT2D eigenvalue weighted by Crippen LogP contribution is 2.59. The molecule has 6 rings (SSSR count). The Hall–Kier alpha value is -4.50. The van der Waals surface area contributed by atoms with Crippen LogP contribution in [0.2, 0.25) is 0 Å². The van der Waals surface area contributed by atoms with Crippen molar-refractivity contribution in [1.29, 1.82) is 10.5 Å². The van der Waals surface area contributed by atoms with Crippen LogP contribution in [0.15, 0.2) is 48.8 Å². The van der Waals surface area contributed by atoms with Gasteiger partial charge in [0.1, 0.15) is 23.6 Å². The Morgan fingerprint density at radius 1 is 1.10 bits per heavy atom. The van der Waals surface area contributed by atoms with Crippen molar-refractivity contribution in [3.8, 4) is 12.1 Å². The van der Waals surface area contributed by atoms with E-state index in [9.17, 15) is 14.9 Å². The molecule has 2 aliphatic carbocycles. The fourth-order valence-corrected chi connectivity index (χ4v) is 5.45. The van der Waals surface area contributed by atoms with Crippen molar-refractivity contribution in [2.24, 2.45) is 11.3 Å². The first-order valence-electron chi connectivity index (χ1n) is 13.7. The third kappa shape index (κ3) is 4.84. The molecular formula is C31H31FN8. The molecule has 1 atom stereocenters. The molecule has 0 saturated heterocycles. The van der Waals surface area contributed by atoms with Crippen LogP contribution in [0.5, 0.6) is 0 Å². The number of nitrogens with zero attached hydrogens (tertiary/aromatic N) is 6. The zero-order chi connectivity index (χ0) is 28.1. The number of pyridine rings is 1. The zero-order valence-corrected chi connectivity index (χ0v) is 22.9. The smallest absolute Gasteiger partial charge is 0.123 e. The van der Waals surface area contributed by atoms with Gasteiger partial charge in [-0.05, 0) is 66.8 Å². The van der Waals surface area contributed by atoms with Gasteiger partial charge in [-0.1, -0.05) is 38.1 Å². The van der Waals surface area contributed by atoms with Crippen molar-refractivity contribution in [1.82, 2.24) is 20.0 Å². The average molecular weight is 535 g/mol. The summed E-state index contributed by atoms with van der Waals surface area (Å²) in [7, 11) is 0. The van der Waals surface area contributed by atoms with E-state index in [1.165, 1.54) is 31.2 Å². The number of hydrogen-bond acceptors (Lipinski definition) is 7. The number of nitriles is 2. The van der Waals surface area contributed by atoms with Gasteiger partial charge in [-0.25, -0.2) is 9.07 Å². The van der Waals surface area contributed by atoms with Gasteiger partial charge in [-0.2, -0.15) is 10.5 Å². The van der Waals surface area contributed by atoms with Gasteiger partial charge in [-0.3, -0.25) is 4.98 Å². The van der Waals surface area contributed by atoms with E-state index >= 15 is 0 Å². The van der Waals surface area contributed by atoms with Crippen LogP contribution in [0.1, 0.15) is 74.9 Å². The maximum Gasteiger partial charge on any atom is 0.123 e. The van der Waals surface area contributed by atoms with E-state index in [1.807, 2.05) is 16.9 Å². The van der Waals surface area contributed by atoms with Crippen LogP contribution < -0.4 is 10.6 Å². The molecule has 2 aromatic carbocycles. The molecule has 2 saturated carbocycles. The fraction of sp³-hybridized carbons (Fsp3) is 0.387. The lowest BCUT2D eigenvalue weighted by Gasteiger charge is -2.22. The number of nitrogens with one attached hydrogen (secondary N) is 2. The summed E-state index contributed by atoms with van der Waals surface area (Å²) in [5.74, 6) is 0.345. The lowest BCUT2D eigenvalue weighted by molar-refractivity contribution is 0.371. The Labute approximate surface area is 232 Å². The van der Waals surface area contributed by atoms with Crippen molar-refractivity contribution in [2.45, 2.75) is 58.0 Å². The summed E-state index contributed by atoms with van der Waals surface area (Å²) < 4.78 is 15.9. The lowest BCUT2D eigenvalue weighted by atomic mass is 9.96. The molecular weight excluding hydrogens is 503 g/mol. The standard InChI is InChI=1S/C31H31FN8/c1-30(2,3)18-36-28-21(15-34)16-35-27-20(14-33)12-24(13-25(27)28)37-29(19-4-8-23(32)9-5-19)26-17-40(39-38-26)31(10-11-31)22-6-7-22/h4-5,8-9,12-13,16-17,22,29,37H,6-7,10-11,18H2,1-3H3,(H,35,36)/t29-/m0/s1. The zero-order valence-electron chi connectivity index (χ0n) is 22.9. The molecule has 2 aliphatic rings.